The third-order valence-electron chi connectivity index (χ3n) is 4.38. The molecule has 4 rings (SSSR count). The van der Waals surface area contributed by atoms with Crippen molar-refractivity contribution in [2.24, 2.45) is 0 Å². The van der Waals surface area contributed by atoms with Crippen LogP contribution in [0.2, 0.25) is 0 Å². The average molecular weight is 366 g/mol. The largest absolute Gasteiger partial charge is 0.321 e. The number of carbonyl (C=O) groups is 1. The lowest BCUT2D eigenvalue weighted by Crippen LogP contribution is -2.20. The Labute approximate surface area is 154 Å². The van der Waals surface area contributed by atoms with Gasteiger partial charge in [0.25, 0.3) is 5.91 Å². The highest BCUT2D eigenvalue weighted by atomic mass is 19.2. The summed E-state index contributed by atoms with van der Waals surface area (Å²) in [5.41, 5.74) is 3.18. The Morgan fingerprint density at radius 1 is 1.07 bits per heavy atom. The van der Waals surface area contributed by atoms with E-state index in [2.05, 4.69) is 21.4 Å². The molecule has 2 heterocycles. The van der Waals surface area contributed by atoms with Gasteiger partial charge in [0.05, 0.1) is 0 Å². The third kappa shape index (κ3) is 3.36. The number of para-hydroxylation sites is 1. The summed E-state index contributed by atoms with van der Waals surface area (Å²) in [6.07, 6.45) is 0.879. The summed E-state index contributed by atoms with van der Waals surface area (Å²) in [4.78, 5) is 23.3. The quantitative estimate of drug-likeness (QED) is 0.761. The van der Waals surface area contributed by atoms with Crippen molar-refractivity contribution in [3.05, 3.63) is 77.1 Å². The molecule has 27 heavy (non-hydrogen) atoms. The molecule has 2 aromatic carbocycles. The fourth-order valence-corrected chi connectivity index (χ4v) is 3.10. The van der Waals surface area contributed by atoms with Crippen LogP contribution < -0.4 is 10.2 Å². The number of carbonyl (C=O) groups excluding carboxylic acids is 1. The van der Waals surface area contributed by atoms with Gasteiger partial charge in [0.2, 0.25) is 5.95 Å². The van der Waals surface area contributed by atoms with Crippen LogP contribution in [-0.4, -0.2) is 22.4 Å². The molecule has 1 aromatic heterocycles. The number of rotatable bonds is 3. The molecule has 5 nitrogen and oxygen atoms in total. The second-order valence-corrected chi connectivity index (χ2v) is 6.31. The number of halogens is 2. The summed E-state index contributed by atoms with van der Waals surface area (Å²) in [5, 5.41) is 2.54. The zero-order valence-corrected chi connectivity index (χ0v) is 14.5. The maximum absolute atomic E-state index is 13.3. The normalized spacial score (nSPS) is 12.8. The summed E-state index contributed by atoms with van der Waals surface area (Å²) in [6.45, 7) is 2.51. The lowest BCUT2D eigenvalue weighted by atomic mass is 10.2. The maximum atomic E-state index is 13.3. The Balaban J connectivity index is 1.63. The van der Waals surface area contributed by atoms with Crippen LogP contribution in [0.25, 0.3) is 0 Å². The number of aromatic nitrogens is 2. The van der Waals surface area contributed by atoms with Gasteiger partial charge in [0.15, 0.2) is 11.6 Å². The van der Waals surface area contributed by atoms with E-state index >= 15 is 0 Å². The van der Waals surface area contributed by atoms with Crippen LogP contribution in [0.5, 0.6) is 0 Å². The summed E-state index contributed by atoms with van der Waals surface area (Å²) >= 11 is 0. The van der Waals surface area contributed by atoms with E-state index in [0.29, 0.717) is 11.6 Å². The lowest BCUT2D eigenvalue weighted by Gasteiger charge is -2.18. The van der Waals surface area contributed by atoms with Gasteiger partial charge in [-0.25, -0.2) is 18.7 Å². The van der Waals surface area contributed by atoms with E-state index in [-0.39, 0.29) is 11.4 Å². The highest BCUT2D eigenvalue weighted by Gasteiger charge is 2.23. The lowest BCUT2D eigenvalue weighted by molar-refractivity contribution is 0.102. The van der Waals surface area contributed by atoms with E-state index in [1.165, 1.54) is 11.6 Å². The van der Waals surface area contributed by atoms with E-state index in [0.717, 1.165) is 30.8 Å². The highest BCUT2D eigenvalue weighted by molar-refractivity contribution is 6.03. The van der Waals surface area contributed by atoms with Gasteiger partial charge in [0, 0.05) is 29.7 Å². The topological polar surface area (TPSA) is 58.1 Å². The van der Waals surface area contributed by atoms with Crippen molar-refractivity contribution in [3.8, 4) is 0 Å². The molecule has 136 valence electrons. The molecule has 0 saturated heterocycles. The SMILES string of the molecule is Cc1cc(C(=O)Nc2ccc(F)c(F)c2)nc(N2CCc3ccccc32)n1. The molecule has 0 aliphatic carbocycles. The third-order valence-corrected chi connectivity index (χ3v) is 4.38. The van der Waals surface area contributed by atoms with Crippen molar-refractivity contribution in [3.63, 3.8) is 0 Å². The minimum absolute atomic E-state index is 0.156. The Morgan fingerprint density at radius 2 is 1.89 bits per heavy atom. The molecule has 3 aromatic rings. The minimum atomic E-state index is -1.03. The second kappa shape index (κ2) is 6.75. The Hall–Kier alpha value is -3.35. The minimum Gasteiger partial charge on any atom is -0.321 e. The van der Waals surface area contributed by atoms with Gasteiger partial charge in [0.1, 0.15) is 5.69 Å². The number of nitrogens with one attached hydrogen (secondary N) is 1. The van der Waals surface area contributed by atoms with Crippen molar-refractivity contribution < 1.29 is 13.6 Å². The molecule has 0 radical (unpaired) electrons. The summed E-state index contributed by atoms with van der Waals surface area (Å²) in [7, 11) is 0. The van der Waals surface area contributed by atoms with Crippen LogP contribution in [0, 0.1) is 18.6 Å². The van der Waals surface area contributed by atoms with Gasteiger partial charge >= 0.3 is 0 Å². The molecule has 0 spiro atoms. The number of anilines is 3. The molecule has 7 heteroatoms. The van der Waals surface area contributed by atoms with Crippen molar-refractivity contribution in [2.75, 3.05) is 16.8 Å². The second-order valence-electron chi connectivity index (χ2n) is 6.31. The molecule has 0 atom stereocenters. The number of hydrogen-bond acceptors (Lipinski definition) is 4. The van der Waals surface area contributed by atoms with Gasteiger partial charge in [-0.3, -0.25) is 4.79 Å². The predicted octanol–water partition coefficient (Wildman–Crippen LogP) is 4.01. The Kier molecular flexibility index (Phi) is 4.27. The fraction of sp³-hybridized carbons (Fsp3) is 0.150. The monoisotopic (exact) mass is 366 g/mol. The molecular formula is C20H16F2N4O. The molecule has 0 fully saturated rings. The number of aryl methyl sites for hydroxylation is 1. The number of fused-ring (bicyclic) bond motifs is 1. The van der Waals surface area contributed by atoms with Gasteiger partial charge in [-0.2, -0.15) is 0 Å². The van der Waals surface area contributed by atoms with E-state index in [9.17, 15) is 13.6 Å². The first-order valence-corrected chi connectivity index (χ1v) is 8.49. The van der Waals surface area contributed by atoms with Crippen molar-refractivity contribution in [2.45, 2.75) is 13.3 Å². The summed E-state index contributed by atoms with van der Waals surface area (Å²) in [5.74, 6) is -2.07. The number of hydrogen-bond donors (Lipinski definition) is 1. The fourth-order valence-electron chi connectivity index (χ4n) is 3.10. The van der Waals surface area contributed by atoms with Crippen LogP contribution >= 0.6 is 0 Å². The van der Waals surface area contributed by atoms with Crippen LogP contribution in [0.4, 0.5) is 26.1 Å². The molecule has 1 aliphatic heterocycles. The van der Waals surface area contributed by atoms with Crippen LogP contribution in [0.15, 0.2) is 48.5 Å². The average Bonchev–Trinajstić information content (AvgIpc) is 3.08. The van der Waals surface area contributed by atoms with Crippen molar-refractivity contribution >= 4 is 23.2 Å². The maximum Gasteiger partial charge on any atom is 0.274 e. The molecule has 1 N–H and O–H groups in total. The van der Waals surface area contributed by atoms with E-state index in [1.54, 1.807) is 13.0 Å². The van der Waals surface area contributed by atoms with E-state index in [1.807, 2.05) is 23.1 Å². The van der Waals surface area contributed by atoms with Crippen LogP contribution in [0.3, 0.4) is 0 Å². The molecule has 1 amide bonds. The zero-order chi connectivity index (χ0) is 19.0. The first-order chi connectivity index (χ1) is 13.0. The van der Waals surface area contributed by atoms with Crippen LogP contribution in [0.1, 0.15) is 21.7 Å². The number of amides is 1. The van der Waals surface area contributed by atoms with Gasteiger partial charge in [-0.15, -0.1) is 0 Å². The molecule has 0 unspecified atom stereocenters. The summed E-state index contributed by atoms with van der Waals surface area (Å²) in [6, 6.07) is 12.7. The van der Waals surface area contributed by atoms with Gasteiger partial charge in [-0.05, 0) is 43.2 Å². The zero-order valence-electron chi connectivity index (χ0n) is 14.5. The van der Waals surface area contributed by atoms with Crippen molar-refractivity contribution in [1.29, 1.82) is 0 Å². The molecular weight excluding hydrogens is 350 g/mol. The van der Waals surface area contributed by atoms with Gasteiger partial charge in [-0.1, -0.05) is 18.2 Å². The predicted molar refractivity (Wildman–Crippen MR) is 98.2 cm³/mol. The first kappa shape index (κ1) is 17.1. The van der Waals surface area contributed by atoms with E-state index < -0.39 is 17.5 Å². The molecule has 1 aliphatic rings. The number of nitrogens with zero attached hydrogens (tertiary/aromatic N) is 3. The van der Waals surface area contributed by atoms with E-state index in [4.69, 9.17) is 0 Å². The smallest absolute Gasteiger partial charge is 0.274 e. The first-order valence-electron chi connectivity index (χ1n) is 8.49. The standard InChI is InChI=1S/C20H16F2N4O/c1-12-10-17(19(27)24-14-6-7-15(21)16(22)11-14)25-20(23-12)26-9-8-13-4-2-3-5-18(13)26/h2-7,10-11H,8-9H2,1H3,(H,24,27). The van der Waals surface area contributed by atoms with Gasteiger partial charge < -0.3 is 10.2 Å². The summed E-state index contributed by atoms with van der Waals surface area (Å²) < 4.78 is 26.4. The Bertz CT molecular complexity index is 1040. The van der Waals surface area contributed by atoms with Crippen molar-refractivity contribution in [1.82, 2.24) is 9.97 Å². The molecule has 0 saturated carbocycles. The highest BCUT2D eigenvalue weighted by Crippen LogP contribution is 2.32. The molecule has 0 bridgehead atoms. The number of benzene rings is 2. The van der Waals surface area contributed by atoms with Crippen LogP contribution in [-0.2, 0) is 6.42 Å². The Morgan fingerprint density at radius 3 is 2.70 bits per heavy atom.